The lowest BCUT2D eigenvalue weighted by Crippen LogP contribution is -2.17. The second-order valence-corrected chi connectivity index (χ2v) is 9.68. The number of hydrogen-bond acceptors (Lipinski definition) is 3. The largest absolute Gasteiger partial charge is 0.311 e. The van der Waals surface area contributed by atoms with E-state index in [4.69, 9.17) is 16.6 Å². The SMILES string of the molecule is Clc1ccc(C2C=C(Sc3ccccc3)Sc3nc4c(n32)CCCC4)cc1. The summed E-state index contributed by atoms with van der Waals surface area (Å²) in [5, 5.41) is 1.91. The Morgan fingerprint density at radius 1 is 1.00 bits per heavy atom. The van der Waals surface area contributed by atoms with Crippen molar-refractivity contribution in [3.05, 3.63) is 86.9 Å². The maximum Gasteiger partial charge on any atom is 0.174 e. The number of aryl methyl sites for hydroxylation is 1. The number of hydrogen-bond donors (Lipinski definition) is 0. The lowest BCUT2D eigenvalue weighted by Gasteiger charge is -2.27. The summed E-state index contributed by atoms with van der Waals surface area (Å²) < 4.78 is 3.74. The molecule has 1 aliphatic carbocycles. The van der Waals surface area contributed by atoms with Gasteiger partial charge in [-0.05, 0) is 73.4 Å². The molecule has 0 N–H and O–H groups in total. The Hall–Kier alpha value is -1.62. The summed E-state index contributed by atoms with van der Waals surface area (Å²) in [5.74, 6) is 0. The Bertz CT molecular complexity index is 993. The van der Waals surface area contributed by atoms with E-state index in [-0.39, 0.29) is 6.04 Å². The fraction of sp³-hybridized carbons (Fsp3) is 0.227. The topological polar surface area (TPSA) is 17.8 Å². The molecule has 2 nitrogen and oxygen atoms in total. The van der Waals surface area contributed by atoms with Gasteiger partial charge in [-0.3, -0.25) is 0 Å². The van der Waals surface area contributed by atoms with Crippen LogP contribution in [-0.2, 0) is 12.8 Å². The molecule has 1 unspecified atom stereocenters. The Morgan fingerprint density at radius 3 is 2.59 bits per heavy atom. The molecule has 0 bridgehead atoms. The predicted molar refractivity (Wildman–Crippen MR) is 115 cm³/mol. The maximum atomic E-state index is 6.14. The summed E-state index contributed by atoms with van der Waals surface area (Å²) in [6.07, 6.45) is 7.12. The van der Waals surface area contributed by atoms with Crippen LogP contribution in [0.4, 0.5) is 0 Å². The fourth-order valence-corrected chi connectivity index (χ4v) is 6.17. The molecule has 0 fully saturated rings. The van der Waals surface area contributed by atoms with Crippen molar-refractivity contribution < 1.29 is 0 Å². The smallest absolute Gasteiger partial charge is 0.174 e. The molecule has 1 aliphatic heterocycles. The lowest BCUT2D eigenvalue weighted by atomic mass is 9.99. The molecule has 0 radical (unpaired) electrons. The standard InChI is InChI=1S/C22H19ClN2S2/c23-16-12-10-15(11-13-16)20-14-21(26-17-6-2-1-3-7-17)27-22-24-18-8-4-5-9-19(18)25(20)22/h1-3,6-7,10-14,20H,4-5,8-9H2. The number of rotatable bonds is 3. The molecule has 136 valence electrons. The van der Waals surface area contributed by atoms with Crippen molar-refractivity contribution in [1.29, 1.82) is 0 Å². The number of allylic oxidation sites excluding steroid dienone is 1. The highest BCUT2D eigenvalue weighted by atomic mass is 35.5. The van der Waals surface area contributed by atoms with Crippen LogP contribution in [0.25, 0.3) is 0 Å². The average Bonchev–Trinajstić information content (AvgIpc) is 3.07. The third-order valence-corrected chi connectivity index (χ3v) is 7.48. The van der Waals surface area contributed by atoms with Crippen LogP contribution in [0.2, 0.25) is 5.02 Å². The molecule has 2 aliphatic rings. The third kappa shape index (κ3) is 3.46. The monoisotopic (exact) mass is 410 g/mol. The van der Waals surface area contributed by atoms with Crippen molar-refractivity contribution in [2.24, 2.45) is 0 Å². The molecule has 0 saturated carbocycles. The molecule has 2 aromatic carbocycles. The molecular formula is C22H19ClN2S2. The zero-order chi connectivity index (χ0) is 18.2. The highest BCUT2D eigenvalue weighted by molar-refractivity contribution is 8.22. The van der Waals surface area contributed by atoms with E-state index >= 15 is 0 Å². The first kappa shape index (κ1) is 17.5. The van der Waals surface area contributed by atoms with Gasteiger partial charge in [0.05, 0.1) is 16.0 Å². The zero-order valence-electron chi connectivity index (χ0n) is 14.8. The van der Waals surface area contributed by atoms with Gasteiger partial charge in [-0.2, -0.15) is 0 Å². The van der Waals surface area contributed by atoms with Gasteiger partial charge in [-0.25, -0.2) is 4.98 Å². The highest BCUT2D eigenvalue weighted by Crippen LogP contribution is 2.47. The van der Waals surface area contributed by atoms with E-state index in [1.165, 1.54) is 38.9 Å². The van der Waals surface area contributed by atoms with Crippen molar-refractivity contribution in [3.8, 4) is 0 Å². The molecule has 0 saturated heterocycles. The lowest BCUT2D eigenvalue weighted by molar-refractivity contribution is 0.570. The summed E-state index contributed by atoms with van der Waals surface area (Å²) in [5.41, 5.74) is 3.98. The van der Waals surface area contributed by atoms with Crippen LogP contribution < -0.4 is 0 Å². The molecule has 1 aromatic heterocycles. The number of fused-ring (bicyclic) bond motifs is 3. The number of aromatic nitrogens is 2. The summed E-state index contributed by atoms with van der Waals surface area (Å²) in [7, 11) is 0. The molecule has 3 aromatic rings. The molecular weight excluding hydrogens is 392 g/mol. The molecule has 2 heterocycles. The first-order chi connectivity index (χ1) is 13.3. The maximum absolute atomic E-state index is 6.14. The van der Waals surface area contributed by atoms with E-state index in [1.54, 1.807) is 11.8 Å². The van der Waals surface area contributed by atoms with Gasteiger partial charge in [0.1, 0.15) is 0 Å². The van der Waals surface area contributed by atoms with Crippen LogP contribution in [0.5, 0.6) is 0 Å². The second kappa shape index (κ2) is 7.42. The molecule has 1 atom stereocenters. The normalized spacial score (nSPS) is 18.6. The van der Waals surface area contributed by atoms with E-state index in [9.17, 15) is 0 Å². The van der Waals surface area contributed by atoms with Crippen molar-refractivity contribution in [2.45, 2.75) is 41.8 Å². The second-order valence-electron chi connectivity index (χ2n) is 6.86. The molecule has 5 rings (SSSR count). The summed E-state index contributed by atoms with van der Waals surface area (Å²) in [6, 6.07) is 19.0. The van der Waals surface area contributed by atoms with Crippen molar-refractivity contribution in [2.75, 3.05) is 0 Å². The van der Waals surface area contributed by atoms with Gasteiger partial charge in [0.2, 0.25) is 0 Å². The van der Waals surface area contributed by atoms with Gasteiger partial charge in [0.15, 0.2) is 5.16 Å². The van der Waals surface area contributed by atoms with Crippen molar-refractivity contribution >= 4 is 35.1 Å². The van der Waals surface area contributed by atoms with E-state index in [2.05, 4.69) is 53.1 Å². The Kier molecular flexibility index (Phi) is 4.80. The Balaban J connectivity index is 1.58. The minimum Gasteiger partial charge on any atom is -0.311 e. The summed E-state index contributed by atoms with van der Waals surface area (Å²) in [4.78, 5) is 6.28. The molecule has 0 spiro atoms. The van der Waals surface area contributed by atoms with Crippen LogP contribution in [0.3, 0.4) is 0 Å². The number of imidazole rings is 1. The van der Waals surface area contributed by atoms with Gasteiger partial charge < -0.3 is 4.57 Å². The van der Waals surface area contributed by atoms with Crippen LogP contribution in [0.1, 0.15) is 35.8 Å². The van der Waals surface area contributed by atoms with E-state index in [1.807, 2.05) is 23.9 Å². The van der Waals surface area contributed by atoms with Crippen LogP contribution in [0, 0.1) is 0 Å². The van der Waals surface area contributed by atoms with Crippen LogP contribution in [-0.4, -0.2) is 9.55 Å². The van der Waals surface area contributed by atoms with Gasteiger partial charge in [-0.15, -0.1) is 0 Å². The van der Waals surface area contributed by atoms with Crippen LogP contribution >= 0.6 is 35.1 Å². The summed E-state index contributed by atoms with van der Waals surface area (Å²) >= 11 is 9.76. The minimum atomic E-state index is 0.180. The predicted octanol–water partition coefficient (Wildman–Crippen LogP) is 6.74. The van der Waals surface area contributed by atoms with E-state index in [0.29, 0.717) is 0 Å². The number of halogens is 1. The highest BCUT2D eigenvalue weighted by Gasteiger charge is 2.29. The first-order valence-corrected chi connectivity index (χ1v) is 11.3. The fourth-order valence-electron chi connectivity index (χ4n) is 3.79. The first-order valence-electron chi connectivity index (χ1n) is 9.26. The summed E-state index contributed by atoms with van der Waals surface area (Å²) in [6.45, 7) is 0. The Labute approximate surface area is 173 Å². The van der Waals surface area contributed by atoms with Crippen LogP contribution in [0.15, 0.2) is 75.0 Å². The van der Waals surface area contributed by atoms with E-state index < -0.39 is 0 Å². The quantitative estimate of drug-likeness (QED) is 0.475. The van der Waals surface area contributed by atoms with Crippen molar-refractivity contribution in [3.63, 3.8) is 0 Å². The van der Waals surface area contributed by atoms with Gasteiger partial charge in [0.25, 0.3) is 0 Å². The van der Waals surface area contributed by atoms with E-state index in [0.717, 1.165) is 23.0 Å². The van der Waals surface area contributed by atoms with Gasteiger partial charge in [-0.1, -0.05) is 53.7 Å². The van der Waals surface area contributed by atoms with Gasteiger partial charge >= 0.3 is 0 Å². The third-order valence-electron chi connectivity index (χ3n) is 5.07. The van der Waals surface area contributed by atoms with Crippen molar-refractivity contribution in [1.82, 2.24) is 9.55 Å². The molecule has 27 heavy (non-hydrogen) atoms. The Morgan fingerprint density at radius 2 is 1.78 bits per heavy atom. The zero-order valence-corrected chi connectivity index (χ0v) is 17.2. The number of nitrogens with zero attached hydrogens (tertiary/aromatic N) is 2. The average molecular weight is 411 g/mol. The number of thioether (sulfide) groups is 2. The van der Waals surface area contributed by atoms with Gasteiger partial charge in [0, 0.05) is 15.6 Å². The molecule has 5 heteroatoms. The number of benzene rings is 2. The molecule has 0 amide bonds. The minimum absolute atomic E-state index is 0.180.